The minimum Gasteiger partial charge on any atom is -0.489 e. The van der Waals surface area contributed by atoms with Gasteiger partial charge in [0.1, 0.15) is 53.7 Å². The first-order valence-electron chi connectivity index (χ1n) is 11.9. The molecule has 0 unspecified atom stereocenters. The number of benzene rings is 3. The first-order chi connectivity index (χ1) is 18.7. The number of halogens is 4. The summed E-state index contributed by atoms with van der Waals surface area (Å²) in [6.45, 7) is 1.78. The van der Waals surface area contributed by atoms with Gasteiger partial charge >= 0.3 is 0 Å². The first-order valence-corrected chi connectivity index (χ1v) is 12.6. The highest BCUT2D eigenvalue weighted by Crippen LogP contribution is 2.40. The molecule has 0 saturated carbocycles. The summed E-state index contributed by atoms with van der Waals surface area (Å²) >= 11 is 12.2. The summed E-state index contributed by atoms with van der Waals surface area (Å²) in [7, 11) is 0. The molecule has 0 aliphatic carbocycles. The van der Waals surface area contributed by atoms with E-state index in [9.17, 15) is 13.9 Å². The second-order valence-corrected chi connectivity index (χ2v) is 9.87. The topological polar surface area (TPSA) is 86.2 Å². The van der Waals surface area contributed by atoms with E-state index in [0.29, 0.717) is 27.2 Å². The molecule has 2 aromatic heterocycles. The van der Waals surface area contributed by atoms with Crippen LogP contribution in [0.2, 0.25) is 10.0 Å². The minimum absolute atomic E-state index is 0.104. The summed E-state index contributed by atoms with van der Waals surface area (Å²) in [4.78, 5) is 3.89. The van der Waals surface area contributed by atoms with Crippen LogP contribution >= 0.6 is 23.2 Å². The quantitative estimate of drug-likeness (QED) is 0.210. The number of aromatic nitrogens is 4. The number of ether oxygens (including phenoxy) is 1. The Balaban J connectivity index is 1.36. The van der Waals surface area contributed by atoms with Crippen LogP contribution < -0.4 is 4.74 Å². The maximum absolute atomic E-state index is 14.9. The highest BCUT2D eigenvalue weighted by atomic mass is 35.5. The van der Waals surface area contributed by atoms with Gasteiger partial charge in [-0.25, -0.2) is 18.4 Å². The van der Waals surface area contributed by atoms with Crippen molar-refractivity contribution >= 4 is 23.2 Å². The largest absolute Gasteiger partial charge is 0.489 e. The van der Waals surface area contributed by atoms with E-state index in [2.05, 4.69) is 15.2 Å². The summed E-state index contributed by atoms with van der Waals surface area (Å²) < 4.78 is 41.3. The molecule has 0 saturated heterocycles. The van der Waals surface area contributed by atoms with Gasteiger partial charge in [-0.1, -0.05) is 47.4 Å². The van der Waals surface area contributed by atoms with Crippen molar-refractivity contribution in [2.45, 2.75) is 31.6 Å². The SMILES string of the molecule is C[C@@H](c1cc(-c2ccc(OCc3ccc(Cl)cc3Cl)cc2)no1)[C@](O)(Cn1cncn1)c1ccc(F)cc1F. The average Bonchev–Trinajstić information content (AvgIpc) is 3.60. The van der Waals surface area contributed by atoms with Gasteiger partial charge in [0.25, 0.3) is 0 Å². The lowest BCUT2D eigenvalue weighted by Gasteiger charge is -2.33. The van der Waals surface area contributed by atoms with Crippen molar-refractivity contribution < 1.29 is 23.1 Å². The molecule has 3 aromatic carbocycles. The molecular formula is C28H22Cl2F2N4O3. The van der Waals surface area contributed by atoms with Crippen LogP contribution in [-0.2, 0) is 18.8 Å². The molecule has 0 radical (unpaired) electrons. The maximum Gasteiger partial charge on any atom is 0.143 e. The van der Waals surface area contributed by atoms with Gasteiger partial charge in [-0.3, -0.25) is 0 Å². The fourth-order valence-electron chi connectivity index (χ4n) is 4.24. The fraction of sp³-hybridized carbons (Fsp3) is 0.179. The Morgan fingerprint density at radius 2 is 1.85 bits per heavy atom. The highest BCUT2D eigenvalue weighted by Gasteiger charge is 2.42. The summed E-state index contributed by atoms with van der Waals surface area (Å²) in [6, 6.07) is 17.1. The molecule has 0 amide bonds. The van der Waals surface area contributed by atoms with Crippen molar-refractivity contribution in [3.8, 4) is 17.0 Å². The Kier molecular flexibility index (Phi) is 7.65. The van der Waals surface area contributed by atoms with E-state index in [1.807, 2.05) is 12.1 Å². The van der Waals surface area contributed by atoms with Crippen molar-refractivity contribution in [1.29, 1.82) is 0 Å². The molecule has 39 heavy (non-hydrogen) atoms. The Labute approximate surface area is 232 Å². The first kappa shape index (κ1) is 26.8. The van der Waals surface area contributed by atoms with Crippen LogP contribution in [0.4, 0.5) is 8.78 Å². The molecule has 2 heterocycles. The predicted octanol–water partition coefficient (Wildman–Crippen LogP) is 6.79. The second-order valence-electron chi connectivity index (χ2n) is 9.03. The van der Waals surface area contributed by atoms with E-state index >= 15 is 0 Å². The van der Waals surface area contributed by atoms with E-state index in [4.69, 9.17) is 32.5 Å². The van der Waals surface area contributed by atoms with E-state index in [0.717, 1.165) is 23.3 Å². The van der Waals surface area contributed by atoms with Crippen LogP contribution in [0.15, 0.2) is 83.9 Å². The molecule has 0 aliphatic heterocycles. The highest BCUT2D eigenvalue weighted by molar-refractivity contribution is 6.35. The van der Waals surface area contributed by atoms with Crippen LogP contribution in [0, 0.1) is 11.6 Å². The predicted molar refractivity (Wildman–Crippen MR) is 141 cm³/mol. The molecule has 0 bridgehead atoms. The summed E-state index contributed by atoms with van der Waals surface area (Å²) in [5, 5.41) is 21.0. The summed E-state index contributed by atoms with van der Waals surface area (Å²) in [5.74, 6) is -1.52. The van der Waals surface area contributed by atoms with Crippen molar-refractivity contribution in [2.24, 2.45) is 0 Å². The van der Waals surface area contributed by atoms with Gasteiger partial charge in [0.05, 0.1) is 12.5 Å². The van der Waals surface area contributed by atoms with E-state index in [-0.39, 0.29) is 18.7 Å². The van der Waals surface area contributed by atoms with Crippen LogP contribution in [0.25, 0.3) is 11.3 Å². The van der Waals surface area contributed by atoms with Crippen molar-refractivity contribution in [2.75, 3.05) is 0 Å². The van der Waals surface area contributed by atoms with Gasteiger partial charge in [-0.05, 0) is 42.5 Å². The minimum atomic E-state index is -1.86. The molecule has 0 fully saturated rings. The Bertz CT molecular complexity index is 1580. The van der Waals surface area contributed by atoms with Crippen molar-refractivity contribution in [3.63, 3.8) is 0 Å². The molecule has 2 atom stereocenters. The zero-order valence-corrected chi connectivity index (χ0v) is 22.1. The molecule has 200 valence electrons. The molecule has 5 aromatic rings. The third-order valence-corrected chi connectivity index (χ3v) is 7.09. The number of aliphatic hydroxyl groups is 1. The van der Waals surface area contributed by atoms with Crippen LogP contribution in [0.3, 0.4) is 0 Å². The van der Waals surface area contributed by atoms with E-state index in [1.54, 1.807) is 43.3 Å². The molecule has 7 nitrogen and oxygen atoms in total. The third-order valence-electron chi connectivity index (χ3n) is 6.50. The van der Waals surface area contributed by atoms with Gasteiger partial charge < -0.3 is 14.4 Å². The molecule has 1 N–H and O–H groups in total. The van der Waals surface area contributed by atoms with Gasteiger partial charge in [-0.2, -0.15) is 5.10 Å². The lowest BCUT2D eigenvalue weighted by Crippen LogP contribution is -2.38. The number of hydrogen-bond acceptors (Lipinski definition) is 6. The Morgan fingerprint density at radius 1 is 1.05 bits per heavy atom. The number of nitrogens with zero attached hydrogens (tertiary/aromatic N) is 4. The van der Waals surface area contributed by atoms with E-state index < -0.39 is 23.2 Å². The van der Waals surface area contributed by atoms with Crippen molar-refractivity contribution in [1.82, 2.24) is 19.9 Å². The monoisotopic (exact) mass is 570 g/mol. The second kappa shape index (κ2) is 11.1. The summed E-state index contributed by atoms with van der Waals surface area (Å²) in [5.41, 5.74) is 0.0835. The van der Waals surface area contributed by atoms with Crippen LogP contribution in [0.5, 0.6) is 5.75 Å². The molecule has 5 rings (SSSR count). The molecule has 0 spiro atoms. The zero-order valence-electron chi connectivity index (χ0n) is 20.6. The van der Waals surface area contributed by atoms with Crippen molar-refractivity contribution in [3.05, 3.63) is 118 Å². The lowest BCUT2D eigenvalue weighted by atomic mass is 9.80. The average molecular weight is 571 g/mol. The normalized spacial score (nSPS) is 13.7. The fourth-order valence-corrected chi connectivity index (χ4v) is 4.71. The van der Waals surface area contributed by atoms with Gasteiger partial charge in [-0.15, -0.1) is 0 Å². The van der Waals surface area contributed by atoms with E-state index in [1.165, 1.54) is 23.4 Å². The van der Waals surface area contributed by atoms with Gasteiger partial charge in [0.2, 0.25) is 0 Å². The smallest absolute Gasteiger partial charge is 0.143 e. The summed E-state index contributed by atoms with van der Waals surface area (Å²) in [6.07, 6.45) is 2.70. The third kappa shape index (κ3) is 5.80. The van der Waals surface area contributed by atoms with Gasteiger partial charge in [0, 0.05) is 38.9 Å². The number of hydrogen-bond donors (Lipinski definition) is 1. The maximum atomic E-state index is 14.9. The van der Waals surface area contributed by atoms with Gasteiger partial charge in [0.15, 0.2) is 0 Å². The Hall–Kier alpha value is -3.79. The number of rotatable bonds is 9. The zero-order chi connectivity index (χ0) is 27.6. The molecular weight excluding hydrogens is 549 g/mol. The Morgan fingerprint density at radius 3 is 2.54 bits per heavy atom. The lowest BCUT2D eigenvalue weighted by molar-refractivity contribution is -0.0181. The van der Waals surface area contributed by atoms with Crippen LogP contribution in [0.1, 0.15) is 29.7 Å². The standard InChI is InChI=1S/C28H22Cl2F2N4O3/c1-17(28(37,14-36-16-33-15-34-36)23-9-6-21(31)11-25(23)32)27-12-26(35-39-27)18-3-7-22(8-4-18)38-13-19-2-5-20(29)10-24(19)30/h2-12,15-17,37H,13-14H2,1H3/t17-,28+/m0/s1. The molecule has 11 heteroatoms. The molecule has 0 aliphatic rings. The van der Waals surface area contributed by atoms with Crippen LogP contribution in [-0.4, -0.2) is 25.0 Å².